The van der Waals surface area contributed by atoms with Crippen LogP contribution in [0.4, 0.5) is 4.79 Å². The smallest absolute Gasteiger partial charge is 0.326 e. The molecule has 0 radical (unpaired) electrons. The first-order valence-corrected chi connectivity index (χ1v) is 6.29. The van der Waals surface area contributed by atoms with Crippen LogP contribution in [0.3, 0.4) is 0 Å². The van der Waals surface area contributed by atoms with Crippen LogP contribution in [-0.4, -0.2) is 41.6 Å². The second-order valence-corrected chi connectivity index (χ2v) is 4.71. The molecule has 5 heteroatoms. The van der Waals surface area contributed by atoms with Crippen LogP contribution in [0.25, 0.3) is 0 Å². The Balaban J connectivity index is 2.37. The third-order valence-electron chi connectivity index (χ3n) is 3.48. The topological polar surface area (TPSA) is 69.6 Å². The Morgan fingerprint density at radius 2 is 2.00 bits per heavy atom. The van der Waals surface area contributed by atoms with Crippen LogP contribution >= 0.6 is 0 Å². The lowest BCUT2D eigenvalue weighted by atomic mass is 10.1. The molecule has 0 heterocycles. The van der Waals surface area contributed by atoms with Crippen LogP contribution in [0.5, 0.6) is 0 Å². The number of rotatable bonds is 5. The SMILES string of the molecule is CCC(C(=O)O)N(C)C(=O)NCC1CCCC1. The maximum absolute atomic E-state index is 11.8. The molecule has 0 spiro atoms. The average Bonchev–Trinajstić information content (AvgIpc) is 2.78. The quantitative estimate of drug-likeness (QED) is 0.770. The van der Waals surface area contributed by atoms with E-state index in [1.54, 1.807) is 6.92 Å². The number of urea groups is 1. The molecule has 17 heavy (non-hydrogen) atoms. The largest absolute Gasteiger partial charge is 0.480 e. The summed E-state index contributed by atoms with van der Waals surface area (Å²) in [6.07, 6.45) is 5.23. The third kappa shape index (κ3) is 3.91. The van der Waals surface area contributed by atoms with Crippen molar-refractivity contribution in [2.45, 2.75) is 45.1 Å². The van der Waals surface area contributed by atoms with Crippen molar-refractivity contribution in [2.75, 3.05) is 13.6 Å². The number of hydrogen-bond donors (Lipinski definition) is 2. The zero-order valence-corrected chi connectivity index (χ0v) is 10.6. The van der Waals surface area contributed by atoms with Crippen LogP contribution in [0.1, 0.15) is 39.0 Å². The van der Waals surface area contributed by atoms with Crippen molar-refractivity contribution in [1.29, 1.82) is 0 Å². The van der Waals surface area contributed by atoms with Crippen LogP contribution < -0.4 is 5.32 Å². The summed E-state index contributed by atoms with van der Waals surface area (Å²) in [7, 11) is 1.53. The number of amides is 2. The van der Waals surface area contributed by atoms with Gasteiger partial charge in [0.1, 0.15) is 6.04 Å². The van der Waals surface area contributed by atoms with Gasteiger partial charge < -0.3 is 15.3 Å². The summed E-state index contributed by atoms with van der Waals surface area (Å²) in [5.41, 5.74) is 0. The molecular formula is C12H22N2O3. The van der Waals surface area contributed by atoms with Gasteiger partial charge in [-0.15, -0.1) is 0 Å². The Morgan fingerprint density at radius 1 is 1.41 bits per heavy atom. The summed E-state index contributed by atoms with van der Waals surface area (Å²) < 4.78 is 0. The first-order chi connectivity index (χ1) is 8.06. The first-order valence-electron chi connectivity index (χ1n) is 6.29. The van der Waals surface area contributed by atoms with Crippen molar-refractivity contribution < 1.29 is 14.7 Å². The van der Waals surface area contributed by atoms with Crippen molar-refractivity contribution in [2.24, 2.45) is 5.92 Å². The van der Waals surface area contributed by atoms with E-state index in [0.717, 1.165) is 0 Å². The van der Waals surface area contributed by atoms with Crippen molar-refractivity contribution in [3.8, 4) is 0 Å². The Hall–Kier alpha value is -1.26. The van der Waals surface area contributed by atoms with Gasteiger partial charge in [-0.2, -0.15) is 0 Å². The molecule has 1 unspecified atom stereocenters. The number of carboxylic acid groups (broad SMARTS) is 1. The maximum atomic E-state index is 11.8. The number of likely N-dealkylation sites (N-methyl/N-ethyl adjacent to an activating group) is 1. The standard InChI is InChI=1S/C12H22N2O3/c1-3-10(11(15)16)14(2)12(17)13-8-9-6-4-5-7-9/h9-10H,3-8H2,1-2H3,(H,13,17)(H,15,16). The predicted molar refractivity (Wildman–Crippen MR) is 64.8 cm³/mol. The van der Waals surface area contributed by atoms with Gasteiger partial charge in [-0.05, 0) is 25.2 Å². The molecule has 0 aliphatic heterocycles. The Labute approximate surface area is 102 Å². The highest BCUT2D eigenvalue weighted by Crippen LogP contribution is 2.23. The van der Waals surface area contributed by atoms with E-state index in [4.69, 9.17) is 5.11 Å². The molecule has 0 saturated heterocycles. The van der Waals surface area contributed by atoms with E-state index in [1.807, 2.05) is 0 Å². The number of nitrogens with one attached hydrogen (secondary N) is 1. The molecule has 2 N–H and O–H groups in total. The summed E-state index contributed by atoms with van der Waals surface area (Å²) in [4.78, 5) is 23.9. The minimum absolute atomic E-state index is 0.286. The van der Waals surface area contributed by atoms with Gasteiger partial charge in [0.15, 0.2) is 0 Å². The van der Waals surface area contributed by atoms with E-state index >= 15 is 0 Å². The van der Waals surface area contributed by atoms with Gasteiger partial charge in [0.05, 0.1) is 0 Å². The molecular weight excluding hydrogens is 220 g/mol. The van der Waals surface area contributed by atoms with E-state index in [2.05, 4.69) is 5.32 Å². The molecule has 2 amide bonds. The van der Waals surface area contributed by atoms with E-state index in [9.17, 15) is 9.59 Å². The lowest BCUT2D eigenvalue weighted by Crippen LogP contribution is -2.47. The van der Waals surface area contributed by atoms with Crippen LogP contribution in [0.15, 0.2) is 0 Å². The van der Waals surface area contributed by atoms with Gasteiger partial charge in [-0.1, -0.05) is 19.8 Å². The number of carbonyl (C=O) groups is 2. The number of carbonyl (C=O) groups excluding carboxylic acids is 1. The predicted octanol–water partition coefficient (Wildman–Crippen LogP) is 1.68. The second-order valence-electron chi connectivity index (χ2n) is 4.71. The fourth-order valence-corrected chi connectivity index (χ4v) is 2.33. The Morgan fingerprint density at radius 3 is 2.47 bits per heavy atom. The number of aliphatic carboxylic acids is 1. The van der Waals surface area contributed by atoms with Crippen molar-refractivity contribution in [3.63, 3.8) is 0 Å². The average molecular weight is 242 g/mol. The molecule has 5 nitrogen and oxygen atoms in total. The van der Waals surface area contributed by atoms with Gasteiger partial charge in [0, 0.05) is 13.6 Å². The highest BCUT2D eigenvalue weighted by atomic mass is 16.4. The second kappa shape index (κ2) is 6.47. The monoisotopic (exact) mass is 242 g/mol. The van der Waals surface area contributed by atoms with E-state index in [-0.39, 0.29) is 6.03 Å². The fourth-order valence-electron chi connectivity index (χ4n) is 2.33. The fraction of sp³-hybridized carbons (Fsp3) is 0.833. The summed E-state index contributed by atoms with van der Waals surface area (Å²) in [6, 6.07) is -1.02. The van der Waals surface area contributed by atoms with Crippen LogP contribution in [0, 0.1) is 5.92 Å². The van der Waals surface area contributed by atoms with Crippen LogP contribution in [0.2, 0.25) is 0 Å². The van der Waals surface area contributed by atoms with Gasteiger partial charge in [0.2, 0.25) is 0 Å². The van der Waals surface area contributed by atoms with Gasteiger partial charge in [0.25, 0.3) is 0 Å². The minimum Gasteiger partial charge on any atom is -0.480 e. The van der Waals surface area contributed by atoms with Crippen molar-refractivity contribution >= 4 is 12.0 Å². The molecule has 1 rings (SSSR count). The lowest BCUT2D eigenvalue weighted by Gasteiger charge is -2.24. The molecule has 0 bridgehead atoms. The summed E-state index contributed by atoms with van der Waals surface area (Å²) in [5.74, 6) is -0.386. The van der Waals surface area contributed by atoms with E-state index in [0.29, 0.717) is 18.9 Å². The normalized spacial score (nSPS) is 17.8. The molecule has 0 aromatic heterocycles. The molecule has 1 saturated carbocycles. The summed E-state index contributed by atoms with van der Waals surface area (Å²) in [5, 5.41) is 11.8. The summed E-state index contributed by atoms with van der Waals surface area (Å²) in [6.45, 7) is 2.43. The Bertz CT molecular complexity index is 275. The number of hydrogen-bond acceptors (Lipinski definition) is 2. The lowest BCUT2D eigenvalue weighted by molar-refractivity contribution is -0.141. The molecule has 1 atom stereocenters. The first kappa shape index (κ1) is 13.8. The zero-order valence-electron chi connectivity index (χ0n) is 10.6. The highest BCUT2D eigenvalue weighted by Gasteiger charge is 2.25. The molecule has 1 fully saturated rings. The maximum Gasteiger partial charge on any atom is 0.326 e. The van der Waals surface area contributed by atoms with Crippen molar-refractivity contribution in [3.05, 3.63) is 0 Å². The molecule has 0 aromatic rings. The van der Waals surface area contributed by atoms with Gasteiger partial charge in [-0.3, -0.25) is 0 Å². The van der Waals surface area contributed by atoms with Gasteiger partial charge >= 0.3 is 12.0 Å². The minimum atomic E-state index is -0.953. The van der Waals surface area contributed by atoms with Crippen LogP contribution in [-0.2, 0) is 4.79 Å². The molecule has 0 aromatic carbocycles. The molecule has 1 aliphatic rings. The molecule has 1 aliphatic carbocycles. The third-order valence-corrected chi connectivity index (χ3v) is 3.48. The summed E-state index contributed by atoms with van der Waals surface area (Å²) >= 11 is 0. The van der Waals surface area contributed by atoms with Gasteiger partial charge in [-0.25, -0.2) is 9.59 Å². The number of nitrogens with zero attached hydrogens (tertiary/aromatic N) is 1. The van der Waals surface area contributed by atoms with E-state index in [1.165, 1.54) is 37.6 Å². The zero-order chi connectivity index (χ0) is 12.8. The molecule has 98 valence electrons. The highest BCUT2D eigenvalue weighted by molar-refractivity contribution is 5.82. The number of carboxylic acids is 1. The van der Waals surface area contributed by atoms with Crippen molar-refractivity contribution in [1.82, 2.24) is 10.2 Å². The van der Waals surface area contributed by atoms with E-state index < -0.39 is 12.0 Å². The Kier molecular flexibility index (Phi) is 5.25.